The average Bonchev–Trinajstić information content (AvgIpc) is 4.18. The van der Waals surface area contributed by atoms with Crippen molar-refractivity contribution in [1.29, 1.82) is 0 Å². The van der Waals surface area contributed by atoms with Crippen LogP contribution in [0, 0.1) is 25.2 Å². The van der Waals surface area contributed by atoms with Crippen LogP contribution in [0.25, 0.3) is 21.8 Å². The van der Waals surface area contributed by atoms with Crippen LogP contribution in [0.5, 0.6) is 0 Å². The Morgan fingerprint density at radius 3 is 2.28 bits per heavy atom. The fraction of sp³-hybridized carbons (Fsp3) is 0.460. The minimum absolute atomic E-state index is 0.0185. The standard InChI is InChI=1S/C50H59N9O8S2/c1-27(2)42(47-55-30(5)57-69-47)48(63)59-23-37(19-39(59)45(61)52-20-31-9-11-34(12-10-31)44-29(4)53-26-68-44)65-24-35-17-40(67-56-35)43(50(6,7)8)49(64)58-22-36(60)18-38(58)46(62)54-28(3)32-13-15-33(16-14-32)41-21-51-25-66-41/h9-17,21,25-28,36-39,42-43,60H,18-20,22-24H2,1-8H3,(H,52,61)(H,54,62)/t28-,36+,37+,38-,39-,42+,43+/m0/s1. The highest BCUT2D eigenvalue weighted by Crippen LogP contribution is 2.40. The van der Waals surface area contributed by atoms with E-state index < -0.39 is 41.5 Å². The number of amides is 4. The lowest BCUT2D eigenvalue weighted by atomic mass is 9.78. The number of β-amino-alcohol motifs (C(OH)–C–C–N with tert-alkyl or cyclic N) is 1. The van der Waals surface area contributed by atoms with Crippen molar-refractivity contribution >= 4 is 46.5 Å². The molecule has 0 aliphatic carbocycles. The van der Waals surface area contributed by atoms with E-state index in [0.29, 0.717) is 22.3 Å². The number of aliphatic hydroxyl groups excluding tert-OH is 1. The van der Waals surface area contributed by atoms with Gasteiger partial charge < -0.3 is 39.2 Å². The van der Waals surface area contributed by atoms with E-state index in [2.05, 4.69) is 35.1 Å². The SMILES string of the molecule is Cc1nsc([C@H](C(=O)N2C[C@H](OCc3cc([C@H](C(=O)N4C[C@H](O)C[C@H]4C(=O)N[C@@H](C)c4ccc(-c5cnco5)cc4)C(C)(C)C)on3)C[C@H]2C(=O)NCc2ccc(-c3scnc3C)cc2)C(C)C)n1. The number of oxazole rings is 1. The lowest BCUT2D eigenvalue weighted by Crippen LogP contribution is -2.49. The van der Waals surface area contributed by atoms with Crippen LogP contribution >= 0.6 is 22.9 Å². The van der Waals surface area contributed by atoms with Gasteiger partial charge in [-0.1, -0.05) is 88.3 Å². The second kappa shape index (κ2) is 20.8. The fourth-order valence-electron chi connectivity index (χ4n) is 9.18. The highest BCUT2D eigenvalue weighted by atomic mass is 32.1. The second-order valence-corrected chi connectivity index (χ2v) is 21.0. The van der Waals surface area contributed by atoms with Crippen LogP contribution in [0.1, 0.15) is 111 Å². The molecule has 4 aromatic heterocycles. The Labute approximate surface area is 409 Å². The minimum atomic E-state index is -0.914. The third-order valence-electron chi connectivity index (χ3n) is 12.8. The van der Waals surface area contributed by atoms with Gasteiger partial charge in [0.2, 0.25) is 23.6 Å². The molecule has 2 fully saturated rings. The van der Waals surface area contributed by atoms with Gasteiger partial charge in [0.25, 0.3) is 0 Å². The van der Waals surface area contributed by atoms with Gasteiger partial charge >= 0.3 is 0 Å². The van der Waals surface area contributed by atoms with Crippen molar-refractivity contribution in [2.45, 2.75) is 124 Å². The number of rotatable bonds is 16. The predicted octanol–water partition coefficient (Wildman–Crippen LogP) is 7.13. The Morgan fingerprint density at radius 2 is 1.64 bits per heavy atom. The number of aliphatic hydroxyl groups is 1. The summed E-state index contributed by atoms with van der Waals surface area (Å²) in [7, 11) is 0. The van der Waals surface area contributed by atoms with E-state index in [1.54, 1.807) is 35.4 Å². The van der Waals surface area contributed by atoms with Crippen molar-refractivity contribution in [2.24, 2.45) is 11.3 Å². The molecule has 17 nitrogen and oxygen atoms in total. The molecule has 2 aliphatic rings. The van der Waals surface area contributed by atoms with E-state index in [0.717, 1.165) is 32.8 Å². The quantitative estimate of drug-likeness (QED) is 0.0880. The molecular weight excluding hydrogens is 919 g/mol. The Balaban J connectivity index is 0.938. The van der Waals surface area contributed by atoms with Crippen LogP contribution < -0.4 is 10.6 Å². The number of carbonyl (C=O) groups excluding carboxylic acids is 4. The molecule has 2 aromatic carbocycles. The Bertz CT molecular complexity index is 2730. The number of nitrogens with zero attached hydrogens (tertiary/aromatic N) is 7. The van der Waals surface area contributed by atoms with Gasteiger partial charge in [0, 0.05) is 44.1 Å². The first kappa shape index (κ1) is 49.3. The number of aromatic nitrogens is 5. The molecule has 0 unspecified atom stereocenters. The topological polar surface area (TPSA) is 219 Å². The van der Waals surface area contributed by atoms with Crippen molar-refractivity contribution in [3.63, 3.8) is 0 Å². The van der Waals surface area contributed by atoms with Crippen molar-refractivity contribution in [2.75, 3.05) is 13.1 Å². The van der Waals surface area contributed by atoms with Gasteiger partial charge in [0.1, 0.15) is 40.3 Å². The number of ether oxygens (including phenoxy) is 1. The van der Waals surface area contributed by atoms with E-state index in [4.69, 9.17) is 13.7 Å². The third kappa shape index (κ3) is 11.2. The maximum atomic E-state index is 14.6. The molecule has 6 aromatic rings. The van der Waals surface area contributed by atoms with Gasteiger partial charge in [-0.25, -0.2) is 15.0 Å². The zero-order valence-electron chi connectivity index (χ0n) is 40.0. The molecule has 6 heterocycles. The summed E-state index contributed by atoms with van der Waals surface area (Å²) in [5.74, 6) is -1.36. The normalized spacial score (nSPS) is 19.7. The molecule has 4 amide bonds. The molecule has 0 spiro atoms. The average molecular weight is 978 g/mol. The smallest absolute Gasteiger partial charge is 0.243 e. The van der Waals surface area contributed by atoms with E-state index in [9.17, 15) is 24.3 Å². The van der Waals surface area contributed by atoms with Gasteiger partial charge in [-0.2, -0.15) is 4.37 Å². The van der Waals surface area contributed by atoms with Gasteiger partial charge in [-0.05, 0) is 60.3 Å². The number of hydrogen-bond acceptors (Lipinski definition) is 15. The Hall–Kier alpha value is -6.15. The molecule has 3 N–H and O–H groups in total. The van der Waals surface area contributed by atoms with Gasteiger partial charge in [-0.3, -0.25) is 19.2 Å². The third-order valence-corrected chi connectivity index (χ3v) is 14.7. The zero-order chi connectivity index (χ0) is 49.1. The fourth-order valence-corrected chi connectivity index (χ4v) is 10.9. The number of likely N-dealkylation sites (tertiary alicyclic amines) is 2. The van der Waals surface area contributed by atoms with Crippen LogP contribution in [0.3, 0.4) is 0 Å². The van der Waals surface area contributed by atoms with Crippen molar-refractivity contribution in [3.05, 3.63) is 112 Å². The molecular formula is C50H59N9O8S2. The molecule has 364 valence electrons. The lowest BCUT2D eigenvalue weighted by Gasteiger charge is -2.33. The molecule has 19 heteroatoms. The highest BCUT2D eigenvalue weighted by Gasteiger charge is 2.47. The molecule has 0 radical (unpaired) electrons. The summed E-state index contributed by atoms with van der Waals surface area (Å²) in [6, 6.07) is 15.1. The first-order valence-electron chi connectivity index (χ1n) is 23.2. The highest BCUT2D eigenvalue weighted by molar-refractivity contribution is 7.13. The first-order chi connectivity index (χ1) is 32.9. The summed E-state index contributed by atoms with van der Waals surface area (Å²) < 4.78 is 22.0. The van der Waals surface area contributed by atoms with Crippen LogP contribution in [0.4, 0.5) is 0 Å². The number of hydrogen-bond donors (Lipinski definition) is 3. The summed E-state index contributed by atoms with van der Waals surface area (Å²) in [6.07, 6.45) is 1.89. The second-order valence-electron chi connectivity index (χ2n) is 19.4. The maximum absolute atomic E-state index is 14.6. The van der Waals surface area contributed by atoms with E-state index in [1.807, 2.05) is 103 Å². The predicted molar refractivity (Wildman–Crippen MR) is 258 cm³/mol. The van der Waals surface area contributed by atoms with Crippen molar-refractivity contribution in [1.82, 2.24) is 44.9 Å². The Kier molecular flexibility index (Phi) is 14.9. The largest absolute Gasteiger partial charge is 0.444 e. The van der Waals surface area contributed by atoms with E-state index in [-0.39, 0.29) is 80.4 Å². The van der Waals surface area contributed by atoms with E-state index in [1.165, 1.54) is 22.8 Å². The maximum Gasteiger partial charge on any atom is 0.243 e. The van der Waals surface area contributed by atoms with Crippen LogP contribution in [-0.2, 0) is 37.1 Å². The lowest BCUT2D eigenvalue weighted by molar-refractivity contribution is -0.142. The number of aryl methyl sites for hydroxylation is 2. The number of carbonyl (C=O) groups is 4. The summed E-state index contributed by atoms with van der Waals surface area (Å²) in [5.41, 5.74) is 6.18. The molecule has 0 saturated carbocycles. The monoisotopic (exact) mass is 977 g/mol. The molecule has 7 atom stereocenters. The minimum Gasteiger partial charge on any atom is -0.444 e. The van der Waals surface area contributed by atoms with E-state index >= 15 is 0 Å². The summed E-state index contributed by atoms with van der Waals surface area (Å²) in [5, 5.41) is 21.8. The number of thiazole rings is 1. The molecule has 2 aliphatic heterocycles. The van der Waals surface area contributed by atoms with Crippen LogP contribution in [-0.4, -0.2) is 100 Å². The van der Waals surface area contributed by atoms with Gasteiger partial charge in [-0.15, -0.1) is 11.3 Å². The number of benzene rings is 2. The first-order valence-corrected chi connectivity index (χ1v) is 24.8. The molecule has 2 saturated heterocycles. The van der Waals surface area contributed by atoms with Crippen LogP contribution in [0.2, 0.25) is 0 Å². The summed E-state index contributed by atoms with van der Waals surface area (Å²) in [6.45, 7) is 15.6. The van der Waals surface area contributed by atoms with Crippen molar-refractivity contribution < 1.29 is 38.0 Å². The number of nitrogens with one attached hydrogen (secondary N) is 2. The summed E-state index contributed by atoms with van der Waals surface area (Å²) in [4.78, 5) is 74.0. The molecule has 69 heavy (non-hydrogen) atoms. The molecule has 0 bridgehead atoms. The zero-order valence-corrected chi connectivity index (χ0v) is 41.7. The van der Waals surface area contributed by atoms with Gasteiger partial charge in [0.05, 0.1) is 53.1 Å². The van der Waals surface area contributed by atoms with Gasteiger partial charge in [0.15, 0.2) is 12.2 Å². The Morgan fingerprint density at radius 1 is 0.928 bits per heavy atom. The van der Waals surface area contributed by atoms with Crippen molar-refractivity contribution in [3.8, 4) is 21.8 Å². The molecule has 8 rings (SSSR count). The van der Waals surface area contributed by atoms with Crippen LogP contribution in [0.15, 0.2) is 81.6 Å². The summed E-state index contributed by atoms with van der Waals surface area (Å²) >= 11 is 2.77.